The number of hydrogen-bond donors (Lipinski definition) is 1. The fourth-order valence-corrected chi connectivity index (χ4v) is 5.04. The lowest BCUT2D eigenvalue weighted by atomic mass is 9.81. The average Bonchev–Trinajstić information content (AvgIpc) is 3.33. The highest BCUT2D eigenvalue weighted by molar-refractivity contribution is 5.87. The first kappa shape index (κ1) is 20.3. The van der Waals surface area contributed by atoms with Crippen molar-refractivity contribution in [3.05, 3.63) is 77.9 Å². The standard InChI is InChI=1S/C28H31NO2/c30-24-11-15-27-23(20-24)10-14-26(21-6-2-1-3-7-21)28(27)22-8-12-25(13-9-22)31-19-18-29-16-4-5-17-29/h1-3,6-10,12-14,24,30H,4-5,11,15-20H2. The summed E-state index contributed by atoms with van der Waals surface area (Å²) >= 11 is 0. The smallest absolute Gasteiger partial charge is 0.119 e. The van der Waals surface area contributed by atoms with Crippen molar-refractivity contribution >= 4 is 0 Å². The maximum absolute atomic E-state index is 10.2. The molecule has 3 nitrogen and oxygen atoms in total. The number of rotatable bonds is 6. The normalized spacial score (nSPS) is 18.7. The maximum Gasteiger partial charge on any atom is 0.119 e. The molecule has 0 aromatic heterocycles. The Morgan fingerprint density at radius 1 is 0.871 bits per heavy atom. The van der Waals surface area contributed by atoms with Crippen LogP contribution in [0.1, 0.15) is 30.4 Å². The Hall–Kier alpha value is -2.62. The molecule has 1 N–H and O–H groups in total. The first-order chi connectivity index (χ1) is 15.3. The molecule has 160 valence electrons. The van der Waals surface area contributed by atoms with Crippen molar-refractivity contribution < 1.29 is 9.84 Å². The molecule has 1 atom stereocenters. The summed E-state index contributed by atoms with van der Waals surface area (Å²) in [5.41, 5.74) is 7.68. The van der Waals surface area contributed by atoms with E-state index in [0.29, 0.717) is 0 Å². The summed E-state index contributed by atoms with van der Waals surface area (Å²) in [6.07, 6.45) is 4.90. The lowest BCUT2D eigenvalue weighted by Gasteiger charge is -2.26. The summed E-state index contributed by atoms with van der Waals surface area (Å²) in [5.74, 6) is 0.935. The van der Waals surface area contributed by atoms with E-state index in [1.807, 2.05) is 0 Å². The number of fused-ring (bicyclic) bond motifs is 1. The third-order valence-corrected chi connectivity index (χ3v) is 6.70. The van der Waals surface area contributed by atoms with Crippen molar-refractivity contribution in [3.63, 3.8) is 0 Å². The number of nitrogens with zero attached hydrogens (tertiary/aromatic N) is 1. The van der Waals surface area contributed by atoms with Gasteiger partial charge in [-0.3, -0.25) is 4.90 Å². The molecule has 0 bridgehead atoms. The zero-order chi connectivity index (χ0) is 21.0. The van der Waals surface area contributed by atoms with Crippen LogP contribution in [-0.2, 0) is 12.8 Å². The molecule has 1 heterocycles. The molecule has 0 amide bonds. The van der Waals surface area contributed by atoms with Gasteiger partial charge in [-0.15, -0.1) is 0 Å². The minimum absolute atomic E-state index is 0.227. The molecule has 2 aliphatic rings. The van der Waals surface area contributed by atoms with Gasteiger partial charge in [-0.2, -0.15) is 0 Å². The molecule has 3 aromatic carbocycles. The van der Waals surface area contributed by atoms with Gasteiger partial charge in [0.05, 0.1) is 6.10 Å². The summed E-state index contributed by atoms with van der Waals surface area (Å²) < 4.78 is 6.03. The van der Waals surface area contributed by atoms with Gasteiger partial charge >= 0.3 is 0 Å². The van der Waals surface area contributed by atoms with Gasteiger partial charge in [0.1, 0.15) is 12.4 Å². The molecule has 1 aliphatic carbocycles. The Balaban J connectivity index is 1.43. The fourth-order valence-electron chi connectivity index (χ4n) is 5.04. The van der Waals surface area contributed by atoms with E-state index < -0.39 is 0 Å². The second-order valence-corrected chi connectivity index (χ2v) is 8.81. The summed E-state index contributed by atoms with van der Waals surface area (Å²) in [6.45, 7) is 4.17. The molecule has 3 aromatic rings. The second-order valence-electron chi connectivity index (χ2n) is 8.81. The van der Waals surface area contributed by atoms with Gasteiger partial charge in [0.15, 0.2) is 0 Å². The highest BCUT2D eigenvalue weighted by atomic mass is 16.5. The monoisotopic (exact) mass is 413 g/mol. The van der Waals surface area contributed by atoms with Crippen LogP contribution >= 0.6 is 0 Å². The molecule has 31 heavy (non-hydrogen) atoms. The SMILES string of the molecule is OC1CCc2c(ccc(-c3ccccc3)c2-c2ccc(OCCN3CCCC3)cc2)C1. The van der Waals surface area contributed by atoms with Crippen LogP contribution < -0.4 is 4.74 Å². The van der Waals surface area contributed by atoms with Crippen molar-refractivity contribution in [2.24, 2.45) is 0 Å². The molecular formula is C28H31NO2. The molecule has 1 aliphatic heterocycles. The molecule has 1 unspecified atom stereocenters. The first-order valence-electron chi connectivity index (χ1n) is 11.6. The Morgan fingerprint density at radius 2 is 1.65 bits per heavy atom. The van der Waals surface area contributed by atoms with E-state index in [0.717, 1.165) is 38.2 Å². The van der Waals surface area contributed by atoms with Crippen LogP contribution in [0.25, 0.3) is 22.3 Å². The van der Waals surface area contributed by atoms with Gasteiger partial charge in [0.25, 0.3) is 0 Å². The van der Waals surface area contributed by atoms with Crippen LogP contribution in [0.4, 0.5) is 0 Å². The summed E-state index contributed by atoms with van der Waals surface area (Å²) in [7, 11) is 0. The number of aliphatic hydroxyl groups excluding tert-OH is 1. The van der Waals surface area contributed by atoms with Crippen molar-refractivity contribution in [2.75, 3.05) is 26.2 Å². The first-order valence-corrected chi connectivity index (χ1v) is 11.6. The van der Waals surface area contributed by atoms with Gasteiger partial charge in [-0.05, 0) is 90.7 Å². The maximum atomic E-state index is 10.2. The Morgan fingerprint density at radius 3 is 2.42 bits per heavy atom. The highest BCUT2D eigenvalue weighted by Gasteiger charge is 2.22. The second kappa shape index (κ2) is 9.25. The van der Waals surface area contributed by atoms with E-state index >= 15 is 0 Å². The lowest BCUT2D eigenvalue weighted by Crippen LogP contribution is -2.25. The Labute approximate surface area is 185 Å². The van der Waals surface area contributed by atoms with Gasteiger partial charge in [0.2, 0.25) is 0 Å². The van der Waals surface area contributed by atoms with E-state index in [2.05, 4.69) is 71.6 Å². The number of likely N-dealkylation sites (tertiary alicyclic amines) is 1. The molecular weight excluding hydrogens is 382 g/mol. The van der Waals surface area contributed by atoms with Crippen LogP contribution in [0.2, 0.25) is 0 Å². The molecule has 0 spiro atoms. The minimum Gasteiger partial charge on any atom is -0.492 e. The van der Waals surface area contributed by atoms with Crippen LogP contribution in [0, 0.1) is 0 Å². The van der Waals surface area contributed by atoms with Crippen molar-refractivity contribution in [1.29, 1.82) is 0 Å². The van der Waals surface area contributed by atoms with Gasteiger partial charge in [0, 0.05) is 6.54 Å². The highest BCUT2D eigenvalue weighted by Crippen LogP contribution is 2.40. The minimum atomic E-state index is -0.227. The van der Waals surface area contributed by atoms with Gasteiger partial charge < -0.3 is 9.84 Å². The van der Waals surface area contributed by atoms with E-state index in [-0.39, 0.29) is 6.10 Å². The third kappa shape index (κ3) is 4.53. The van der Waals surface area contributed by atoms with Crippen molar-refractivity contribution in [1.82, 2.24) is 4.90 Å². The van der Waals surface area contributed by atoms with Crippen molar-refractivity contribution in [3.8, 4) is 28.0 Å². The van der Waals surface area contributed by atoms with E-state index in [9.17, 15) is 5.11 Å². The van der Waals surface area contributed by atoms with E-state index in [1.165, 1.54) is 59.3 Å². The van der Waals surface area contributed by atoms with E-state index in [1.54, 1.807) is 0 Å². The predicted octanol–water partition coefficient (Wildman–Crippen LogP) is 5.34. The van der Waals surface area contributed by atoms with Crippen LogP contribution in [0.5, 0.6) is 5.75 Å². The van der Waals surface area contributed by atoms with E-state index in [4.69, 9.17) is 4.74 Å². The number of aliphatic hydroxyl groups is 1. The number of ether oxygens (including phenoxy) is 1. The average molecular weight is 414 g/mol. The molecule has 5 rings (SSSR count). The van der Waals surface area contributed by atoms with Crippen LogP contribution in [0.15, 0.2) is 66.7 Å². The predicted molar refractivity (Wildman–Crippen MR) is 127 cm³/mol. The molecule has 1 saturated heterocycles. The third-order valence-electron chi connectivity index (χ3n) is 6.70. The largest absolute Gasteiger partial charge is 0.492 e. The lowest BCUT2D eigenvalue weighted by molar-refractivity contribution is 0.158. The van der Waals surface area contributed by atoms with Crippen molar-refractivity contribution in [2.45, 2.75) is 38.2 Å². The van der Waals surface area contributed by atoms with Gasteiger partial charge in [-0.25, -0.2) is 0 Å². The molecule has 1 fully saturated rings. The topological polar surface area (TPSA) is 32.7 Å². The zero-order valence-corrected chi connectivity index (χ0v) is 18.1. The summed E-state index contributed by atoms with van der Waals surface area (Å²) in [4.78, 5) is 2.48. The van der Waals surface area contributed by atoms with Crippen LogP contribution in [-0.4, -0.2) is 42.4 Å². The fraction of sp³-hybridized carbons (Fsp3) is 0.357. The number of benzene rings is 3. The van der Waals surface area contributed by atoms with Crippen LogP contribution in [0.3, 0.4) is 0 Å². The zero-order valence-electron chi connectivity index (χ0n) is 18.1. The number of hydrogen-bond acceptors (Lipinski definition) is 3. The molecule has 3 heteroatoms. The van der Waals surface area contributed by atoms with Gasteiger partial charge in [-0.1, -0.05) is 54.6 Å². The quantitative estimate of drug-likeness (QED) is 0.592. The molecule has 0 saturated carbocycles. The Kier molecular flexibility index (Phi) is 6.06. The summed E-state index contributed by atoms with van der Waals surface area (Å²) in [6, 6.07) is 23.6. The molecule has 0 radical (unpaired) electrons. The summed E-state index contributed by atoms with van der Waals surface area (Å²) in [5, 5.41) is 10.2. The Bertz CT molecular complexity index is 1010.